The van der Waals surface area contributed by atoms with E-state index in [-0.39, 0.29) is 0 Å². The first-order valence-corrected chi connectivity index (χ1v) is 5.29. The monoisotopic (exact) mass is 218 g/mol. The van der Waals surface area contributed by atoms with Crippen LogP contribution in [0.5, 0.6) is 0 Å². The van der Waals surface area contributed by atoms with Gasteiger partial charge in [-0.25, -0.2) is 0 Å². The summed E-state index contributed by atoms with van der Waals surface area (Å²) in [5, 5.41) is 0. The average molecular weight is 218 g/mol. The molecule has 0 fully saturated rings. The molecule has 0 spiro atoms. The molecular weight excluding hydrogens is 200 g/mol. The summed E-state index contributed by atoms with van der Waals surface area (Å²) in [4.78, 5) is 12.9. The minimum absolute atomic E-state index is 0.435. The number of nitrogen functional groups attached to an aromatic ring is 1. The van der Waals surface area contributed by atoms with E-state index in [0.717, 1.165) is 11.8 Å². The van der Waals surface area contributed by atoms with Gasteiger partial charge in [-0.05, 0) is 43.8 Å². The molecule has 1 rings (SSSR count). The molecule has 1 aromatic carbocycles. The lowest BCUT2D eigenvalue weighted by Gasteiger charge is -2.18. The Morgan fingerprint density at radius 2 is 2.00 bits per heavy atom. The van der Waals surface area contributed by atoms with Crippen molar-refractivity contribution in [3.63, 3.8) is 0 Å². The zero-order chi connectivity index (χ0) is 12.1. The number of aldehydes is 1. The Hall–Kier alpha value is -1.77. The minimum atomic E-state index is 0.435. The molecule has 0 bridgehead atoms. The maximum absolute atomic E-state index is 10.9. The van der Waals surface area contributed by atoms with Crippen molar-refractivity contribution in [2.75, 3.05) is 12.8 Å². The van der Waals surface area contributed by atoms with Gasteiger partial charge in [0.1, 0.15) is 0 Å². The van der Waals surface area contributed by atoms with Crippen LogP contribution in [0.25, 0.3) is 6.08 Å². The van der Waals surface area contributed by atoms with E-state index < -0.39 is 0 Å². The van der Waals surface area contributed by atoms with Crippen LogP contribution >= 0.6 is 0 Å². The number of hydrogen-bond donors (Lipinski definition) is 1. The van der Waals surface area contributed by atoms with Gasteiger partial charge in [0.05, 0.1) is 0 Å². The van der Waals surface area contributed by atoms with Crippen LogP contribution in [0.15, 0.2) is 24.4 Å². The summed E-state index contributed by atoms with van der Waals surface area (Å²) in [6.45, 7) is 4.21. The van der Waals surface area contributed by atoms with Crippen molar-refractivity contribution < 1.29 is 4.79 Å². The van der Waals surface area contributed by atoms with Crippen molar-refractivity contribution in [3.8, 4) is 0 Å². The van der Waals surface area contributed by atoms with E-state index in [4.69, 9.17) is 5.73 Å². The summed E-state index contributed by atoms with van der Waals surface area (Å²) in [7, 11) is 2.00. The van der Waals surface area contributed by atoms with Crippen LogP contribution in [0.2, 0.25) is 0 Å². The van der Waals surface area contributed by atoms with Gasteiger partial charge in [-0.15, -0.1) is 0 Å². The van der Waals surface area contributed by atoms with E-state index in [1.54, 1.807) is 12.1 Å². The molecular formula is C13H18N2O. The van der Waals surface area contributed by atoms with E-state index in [9.17, 15) is 4.79 Å². The molecule has 3 heteroatoms. The van der Waals surface area contributed by atoms with Gasteiger partial charge in [-0.1, -0.05) is 6.07 Å². The molecule has 16 heavy (non-hydrogen) atoms. The van der Waals surface area contributed by atoms with Crippen LogP contribution in [-0.4, -0.2) is 24.3 Å². The van der Waals surface area contributed by atoms with Crippen molar-refractivity contribution in [2.24, 2.45) is 0 Å². The third kappa shape index (κ3) is 3.12. The average Bonchev–Trinajstić information content (AvgIpc) is 2.26. The maximum Gasteiger partial charge on any atom is 0.150 e. The summed E-state index contributed by atoms with van der Waals surface area (Å²) >= 11 is 0. The molecule has 1 aromatic rings. The number of benzene rings is 1. The van der Waals surface area contributed by atoms with Gasteiger partial charge in [0, 0.05) is 24.3 Å². The highest BCUT2D eigenvalue weighted by Gasteiger charge is 2.00. The van der Waals surface area contributed by atoms with E-state index in [1.165, 1.54) is 0 Å². The Morgan fingerprint density at radius 3 is 2.56 bits per heavy atom. The zero-order valence-corrected chi connectivity index (χ0v) is 9.97. The number of rotatable bonds is 4. The molecule has 0 unspecified atom stereocenters. The zero-order valence-electron chi connectivity index (χ0n) is 9.97. The van der Waals surface area contributed by atoms with Crippen molar-refractivity contribution in [3.05, 3.63) is 35.5 Å². The molecule has 0 atom stereocenters. The lowest BCUT2D eigenvalue weighted by Crippen LogP contribution is -2.19. The standard InChI is InChI=1S/C13H18N2O/c1-10(2)15(3)7-6-11-4-5-13(14)8-12(11)9-16/h4-10H,14H2,1-3H3/b7-6-. The highest BCUT2D eigenvalue weighted by atomic mass is 16.1. The van der Waals surface area contributed by atoms with Gasteiger partial charge < -0.3 is 10.6 Å². The van der Waals surface area contributed by atoms with Gasteiger partial charge in [-0.3, -0.25) is 4.79 Å². The van der Waals surface area contributed by atoms with E-state index >= 15 is 0 Å². The minimum Gasteiger partial charge on any atom is -0.399 e. The van der Waals surface area contributed by atoms with Crippen molar-refractivity contribution in [2.45, 2.75) is 19.9 Å². The highest BCUT2D eigenvalue weighted by Crippen LogP contribution is 2.13. The molecule has 2 N–H and O–H groups in total. The van der Waals surface area contributed by atoms with Gasteiger partial charge >= 0.3 is 0 Å². The molecule has 0 aliphatic heterocycles. The fraction of sp³-hybridized carbons (Fsp3) is 0.308. The second-order valence-corrected chi connectivity index (χ2v) is 4.08. The first-order valence-electron chi connectivity index (χ1n) is 5.29. The molecule has 0 saturated carbocycles. The van der Waals surface area contributed by atoms with Crippen LogP contribution in [0.1, 0.15) is 29.8 Å². The topological polar surface area (TPSA) is 46.3 Å². The molecule has 0 heterocycles. The van der Waals surface area contributed by atoms with Crippen LogP contribution in [0.3, 0.4) is 0 Å². The largest absolute Gasteiger partial charge is 0.399 e. The molecule has 0 aromatic heterocycles. The summed E-state index contributed by atoms with van der Waals surface area (Å²) in [6.07, 6.45) is 4.71. The smallest absolute Gasteiger partial charge is 0.150 e. The summed E-state index contributed by atoms with van der Waals surface area (Å²) in [5.41, 5.74) is 7.73. The van der Waals surface area contributed by atoms with Gasteiger partial charge in [0.25, 0.3) is 0 Å². The lowest BCUT2D eigenvalue weighted by molar-refractivity contribution is 0.112. The number of nitrogens with two attached hydrogens (primary N) is 1. The van der Waals surface area contributed by atoms with E-state index in [2.05, 4.69) is 18.7 Å². The molecule has 0 radical (unpaired) electrons. The predicted octanol–water partition coefficient (Wildman–Crippen LogP) is 2.39. The second-order valence-electron chi connectivity index (χ2n) is 4.08. The Labute approximate surface area is 96.6 Å². The first-order chi connectivity index (χ1) is 7.54. The number of carbonyl (C=O) groups is 1. The van der Waals surface area contributed by atoms with Gasteiger partial charge in [0.15, 0.2) is 6.29 Å². The van der Waals surface area contributed by atoms with Crippen LogP contribution in [0, 0.1) is 0 Å². The maximum atomic E-state index is 10.9. The molecule has 0 aliphatic carbocycles. The van der Waals surface area contributed by atoms with Gasteiger partial charge in [0.2, 0.25) is 0 Å². The van der Waals surface area contributed by atoms with Crippen molar-refractivity contribution in [1.29, 1.82) is 0 Å². The normalized spacial score (nSPS) is 11.0. The highest BCUT2D eigenvalue weighted by molar-refractivity contribution is 5.83. The number of anilines is 1. The summed E-state index contributed by atoms with van der Waals surface area (Å²) in [6, 6.07) is 5.76. The predicted molar refractivity (Wildman–Crippen MR) is 68.2 cm³/mol. The molecule has 0 amide bonds. The Kier molecular flexibility index (Phi) is 4.11. The van der Waals surface area contributed by atoms with E-state index in [0.29, 0.717) is 17.3 Å². The van der Waals surface area contributed by atoms with Crippen LogP contribution in [0.4, 0.5) is 5.69 Å². The van der Waals surface area contributed by atoms with Crippen molar-refractivity contribution in [1.82, 2.24) is 4.90 Å². The summed E-state index contributed by atoms with van der Waals surface area (Å²) in [5.74, 6) is 0. The number of carbonyl (C=O) groups excluding carboxylic acids is 1. The fourth-order valence-electron chi connectivity index (χ4n) is 1.22. The van der Waals surface area contributed by atoms with E-state index in [1.807, 2.05) is 25.4 Å². The molecule has 86 valence electrons. The molecule has 0 saturated heterocycles. The molecule has 0 aliphatic rings. The number of nitrogens with zero attached hydrogens (tertiary/aromatic N) is 1. The Bertz CT molecular complexity index is 397. The van der Waals surface area contributed by atoms with Crippen LogP contribution < -0.4 is 5.73 Å². The quantitative estimate of drug-likeness (QED) is 0.623. The Morgan fingerprint density at radius 1 is 1.31 bits per heavy atom. The first kappa shape index (κ1) is 12.3. The molecule has 3 nitrogen and oxygen atoms in total. The third-order valence-corrected chi connectivity index (χ3v) is 2.54. The second kappa shape index (κ2) is 5.35. The third-order valence-electron chi connectivity index (χ3n) is 2.54. The lowest BCUT2D eigenvalue weighted by atomic mass is 10.1. The number of hydrogen-bond acceptors (Lipinski definition) is 3. The Balaban J connectivity index is 2.92. The van der Waals surface area contributed by atoms with Crippen LogP contribution in [-0.2, 0) is 0 Å². The summed E-state index contributed by atoms with van der Waals surface area (Å²) < 4.78 is 0. The fourth-order valence-corrected chi connectivity index (χ4v) is 1.22. The van der Waals surface area contributed by atoms with Gasteiger partial charge in [-0.2, -0.15) is 0 Å². The SMILES string of the molecule is CC(C)N(C)/C=C\c1ccc(N)cc1C=O. The van der Waals surface area contributed by atoms with Crippen molar-refractivity contribution >= 4 is 18.0 Å².